The largest absolute Gasteiger partial charge is 0.356 e. The zero-order valence-electron chi connectivity index (χ0n) is 11.8. The Balaban J connectivity index is 2.38. The molecule has 112 valence electrons. The number of Topliss-reactive ketones (excluding diaryl/α,β-unsaturated/α-hetero) is 1. The molecule has 0 radical (unpaired) electrons. The van der Waals surface area contributed by atoms with Crippen molar-refractivity contribution in [2.75, 3.05) is 26.4 Å². The highest BCUT2D eigenvalue weighted by Crippen LogP contribution is 2.04. The summed E-state index contributed by atoms with van der Waals surface area (Å²) in [6, 6.07) is 1.49. The molecule has 1 rings (SSSR count). The van der Waals surface area contributed by atoms with Gasteiger partial charge in [0, 0.05) is 31.9 Å². The number of H-pyrrole nitrogens is 1. The summed E-state index contributed by atoms with van der Waals surface area (Å²) in [4.78, 5) is 25.6. The first-order chi connectivity index (χ1) is 9.21. The summed E-state index contributed by atoms with van der Waals surface area (Å²) in [5.74, 6) is -0.436. The molecular formula is C12H19N3O4S. The van der Waals surface area contributed by atoms with Crippen LogP contribution in [0.25, 0.3) is 0 Å². The molecule has 7 nitrogen and oxygen atoms in total. The lowest BCUT2D eigenvalue weighted by Crippen LogP contribution is -2.31. The minimum atomic E-state index is -3.18. The van der Waals surface area contributed by atoms with Gasteiger partial charge in [-0.15, -0.1) is 0 Å². The topological polar surface area (TPSA) is 99.3 Å². The van der Waals surface area contributed by atoms with Crippen LogP contribution in [-0.2, 0) is 10.0 Å². The van der Waals surface area contributed by atoms with E-state index in [9.17, 15) is 18.0 Å². The highest BCUT2D eigenvalue weighted by atomic mass is 32.2. The third-order valence-corrected chi connectivity index (χ3v) is 4.15. The molecule has 2 N–H and O–H groups in total. The molecule has 0 aliphatic carbocycles. The highest BCUT2D eigenvalue weighted by molar-refractivity contribution is 7.88. The number of aromatic amines is 1. The average molecular weight is 301 g/mol. The first kappa shape index (κ1) is 16.4. The summed E-state index contributed by atoms with van der Waals surface area (Å²) in [7, 11) is -1.70. The Bertz CT molecular complexity index is 592. The lowest BCUT2D eigenvalue weighted by atomic mass is 10.2. The number of hydrogen-bond donors (Lipinski definition) is 2. The van der Waals surface area contributed by atoms with Gasteiger partial charge in [-0.05, 0) is 19.4 Å². The number of rotatable bonds is 7. The molecule has 0 atom stereocenters. The first-order valence-corrected chi connectivity index (χ1v) is 7.95. The zero-order chi connectivity index (χ0) is 15.3. The summed E-state index contributed by atoms with van der Waals surface area (Å²) < 4.78 is 23.5. The Kier molecular flexibility index (Phi) is 5.46. The second-order valence-electron chi connectivity index (χ2n) is 4.55. The molecule has 0 unspecified atom stereocenters. The first-order valence-electron chi connectivity index (χ1n) is 6.10. The number of carbonyl (C=O) groups is 2. The van der Waals surface area contributed by atoms with Gasteiger partial charge in [0.1, 0.15) is 5.69 Å². The van der Waals surface area contributed by atoms with Gasteiger partial charge in [0.05, 0.1) is 6.26 Å². The molecule has 0 saturated heterocycles. The van der Waals surface area contributed by atoms with Crippen molar-refractivity contribution in [3.63, 3.8) is 0 Å². The third kappa shape index (κ3) is 4.78. The molecule has 0 aromatic carbocycles. The summed E-state index contributed by atoms with van der Waals surface area (Å²) in [6.07, 6.45) is 3.12. The van der Waals surface area contributed by atoms with Gasteiger partial charge >= 0.3 is 0 Å². The van der Waals surface area contributed by atoms with E-state index in [-0.39, 0.29) is 11.7 Å². The molecule has 0 aliphatic rings. The van der Waals surface area contributed by atoms with Gasteiger partial charge in [0.25, 0.3) is 5.91 Å². The van der Waals surface area contributed by atoms with Gasteiger partial charge in [-0.3, -0.25) is 9.59 Å². The van der Waals surface area contributed by atoms with E-state index >= 15 is 0 Å². The van der Waals surface area contributed by atoms with Crippen LogP contribution < -0.4 is 5.32 Å². The Labute approximate surface area is 118 Å². The lowest BCUT2D eigenvalue weighted by Gasteiger charge is -2.13. The smallest absolute Gasteiger partial charge is 0.267 e. The van der Waals surface area contributed by atoms with Crippen molar-refractivity contribution in [3.05, 3.63) is 23.5 Å². The number of sulfonamides is 1. The van der Waals surface area contributed by atoms with E-state index in [4.69, 9.17) is 0 Å². The van der Waals surface area contributed by atoms with Crippen LogP contribution >= 0.6 is 0 Å². The Morgan fingerprint density at radius 1 is 1.40 bits per heavy atom. The second-order valence-corrected chi connectivity index (χ2v) is 6.64. The molecule has 0 spiro atoms. The maximum atomic E-state index is 11.7. The van der Waals surface area contributed by atoms with E-state index in [1.54, 1.807) is 0 Å². The molecule has 1 aromatic heterocycles. The molecule has 1 aromatic rings. The summed E-state index contributed by atoms with van der Waals surface area (Å²) >= 11 is 0. The van der Waals surface area contributed by atoms with Gasteiger partial charge in [-0.25, -0.2) is 12.7 Å². The van der Waals surface area contributed by atoms with Crippen molar-refractivity contribution in [3.8, 4) is 0 Å². The average Bonchev–Trinajstić information content (AvgIpc) is 2.82. The Hall–Kier alpha value is -1.67. The quantitative estimate of drug-likeness (QED) is 0.556. The van der Waals surface area contributed by atoms with Crippen LogP contribution in [0.3, 0.4) is 0 Å². The summed E-state index contributed by atoms with van der Waals surface area (Å²) in [5, 5.41) is 2.66. The molecule has 1 amide bonds. The highest BCUT2D eigenvalue weighted by Gasteiger charge is 2.12. The van der Waals surface area contributed by atoms with E-state index in [0.717, 1.165) is 6.26 Å². The van der Waals surface area contributed by atoms with E-state index in [2.05, 4.69) is 10.3 Å². The van der Waals surface area contributed by atoms with Crippen molar-refractivity contribution >= 4 is 21.7 Å². The number of ketones is 1. The normalized spacial score (nSPS) is 11.6. The molecule has 0 saturated carbocycles. The minimum absolute atomic E-state index is 0.116. The standard InChI is InChI=1S/C12H19N3O4S/c1-9(16)10-7-11(14-8-10)12(17)13-5-4-6-15(2)20(3,18)19/h7-8,14H,4-6H2,1-3H3,(H,13,17). The summed E-state index contributed by atoms with van der Waals surface area (Å²) in [6.45, 7) is 2.11. The second kappa shape index (κ2) is 6.67. The molecule has 20 heavy (non-hydrogen) atoms. The van der Waals surface area contributed by atoms with Crippen LogP contribution in [0, 0.1) is 0 Å². The van der Waals surface area contributed by atoms with Gasteiger partial charge in [0.15, 0.2) is 5.78 Å². The number of nitrogens with zero attached hydrogens (tertiary/aromatic N) is 1. The van der Waals surface area contributed by atoms with Crippen LogP contribution in [0.4, 0.5) is 0 Å². The third-order valence-electron chi connectivity index (χ3n) is 2.84. The van der Waals surface area contributed by atoms with Crippen LogP contribution in [0.1, 0.15) is 34.2 Å². The predicted molar refractivity (Wildman–Crippen MR) is 75.2 cm³/mol. The van der Waals surface area contributed by atoms with Crippen molar-refractivity contribution < 1.29 is 18.0 Å². The van der Waals surface area contributed by atoms with Gasteiger partial charge in [-0.1, -0.05) is 0 Å². The predicted octanol–water partition coefficient (Wildman–Crippen LogP) is 0.229. The molecule has 0 aliphatic heterocycles. The maximum Gasteiger partial charge on any atom is 0.267 e. The SMILES string of the molecule is CC(=O)c1c[nH]c(C(=O)NCCCN(C)S(C)(=O)=O)c1. The van der Waals surface area contributed by atoms with Crippen LogP contribution in [-0.4, -0.2) is 55.8 Å². The number of nitrogens with one attached hydrogen (secondary N) is 2. The zero-order valence-corrected chi connectivity index (χ0v) is 12.6. The van der Waals surface area contributed by atoms with E-state index in [1.165, 1.54) is 30.5 Å². The number of hydrogen-bond acceptors (Lipinski definition) is 4. The molecule has 0 bridgehead atoms. The van der Waals surface area contributed by atoms with Crippen LogP contribution in [0.2, 0.25) is 0 Å². The molecule has 8 heteroatoms. The van der Waals surface area contributed by atoms with Crippen molar-refractivity contribution in [2.45, 2.75) is 13.3 Å². The van der Waals surface area contributed by atoms with Gasteiger partial charge in [-0.2, -0.15) is 0 Å². The minimum Gasteiger partial charge on any atom is -0.356 e. The summed E-state index contributed by atoms with van der Waals surface area (Å²) in [5.41, 5.74) is 0.763. The fourth-order valence-corrected chi connectivity index (χ4v) is 1.95. The number of amides is 1. The fourth-order valence-electron chi connectivity index (χ4n) is 1.49. The van der Waals surface area contributed by atoms with Crippen molar-refractivity contribution in [1.29, 1.82) is 0 Å². The van der Waals surface area contributed by atoms with E-state index < -0.39 is 10.0 Å². The van der Waals surface area contributed by atoms with E-state index in [1.807, 2.05) is 0 Å². The molecular weight excluding hydrogens is 282 g/mol. The van der Waals surface area contributed by atoms with E-state index in [0.29, 0.717) is 30.8 Å². The molecule has 0 fully saturated rings. The van der Waals surface area contributed by atoms with Crippen molar-refractivity contribution in [2.24, 2.45) is 0 Å². The van der Waals surface area contributed by atoms with Crippen LogP contribution in [0.15, 0.2) is 12.3 Å². The Morgan fingerprint density at radius 2 is 2.05 bits per heavy atom. The molecule has 1 heterocycles. The fraction of sp³-hybridized carbons (Fsp3) is 0.500. The maximum absolute atomic E-state index is 11.7. The lowest BCUT2D eigenvalue weighted by molar-refractivity contribution is 0.0948. The van der Waals surface area contributed by atoms with Gasteiger partial charge in [0.2, 0.25) is 10.0 Å². The van der Waals surface area contributed by atoms with Crippen LogP contribution in [0.5, 0.6) is 0 Å². The van der Waals surface area contributed by atoms with Gasteiger partial charge < -0.3 is 10.3 Å². The van der Waals surface area contributed by atoms with Crippen molar-refractivity contribution in [1.82, 2.24) is 14.6 Å². The number of aromatic nitrogens is 1. The monoisotopic (exact) mass is 301 g/mol. The Morgan fingerprint density at radius 3 is 2.55 bits per heavy atom. The number of carbonyl (C=O) groups excluding carboxylic acids is 2.